The maximum atomic E-state index is 10.6. The predicted octanol–water partition coefficient (Wildman–Crippen LogP) is 3.52. The maximum Gasteiger partial charge on any atom is 0.153 e. The Bertz CT molecular complexity index is 482. The van der Waals surface area contributed by atoms with Crippen LogP contribution in [0.2, 0.25) is 5.15 Å². The van der Waals surface area contributed by atoms with Gasteiger partial charge in [0.15, 0.2) is 6.29 Å². The summed E-state index contributed by atoms with van der Waals surface area (Å²) in [5.41, 5.74) is 0.424. The minimum Gasteiger partial charge on any atom is -0.298 e. The lowest BCUT2D eigenvalue weighted by molar-refractivity contribution is 0.112. The Kier molecular flexibility index (Phi) is 2.36. The summed E-state index contributed by atoms with van der Waals surface area (Å²) in [6.45, 7) is 0. The van der Waals surface area contributed by atoms with Gasteiger partial charge in [0, 0.05) is 15.2 Å². The van der Waals surface area contributed by atoms with Crippen LogP contribution in [0.5, 0.6) is 0 Å². The molecular weight excluding hydrogens is 274 g/mol. The van der Waals surface area contributed by atoms with Gasteiger partial charge in [0.1, 0.15) is 9.98 Å². The first-order valence-corrected chi connectivity index (χ1v) is 5.46. The van der Waals surface area contributed by atoms with E-state index in [0.717, 1.165) is 14.7 Å². The SMILES string of the molecule is O=Cc1cc2c(Br)csc2nc1Cl. The third-order valence-electron chi connectivity index (χ3n) is 1.63. The summed E-state index contributed by atoms with van der Waals surface area (Å²) in [5, 5.41) is 3.11. The van der Waals surface area contributed by atoms with Crippen LogP contribution in [0.1, 0.15) is 10.4 Å². The van der Waals surface area contributed by atoms with Crippen LogP contribution in [0.15, 0.2) is 15.9 Å². The Morgan fingerprint density at radius 2 is 2.38 bits per heavy atom. The van der Waals surface area contributed by atoms with Gasteiger partial charge >= 0.3 is 0 Å². The zero-order valence-corrected chi connectivity index (χ0v) is 9.41. The molecule has 0 unspecified atom stereocenters. The summed E-state index contributed by atoms with van der Waals surface area (Å²) < 4.78 is 0.944. The summed E-state index contributed by atoms with van der Waals surface area (Å²) in [6, 6.07) is 1.73. The van der Waals surface area contributed by atoms with E-state index in [1.165, 1.54) is 11.3 Å². The van der Waals surface area contributed by atoms with Gasteiger partial charge in [-0.15, -0.1) is 11.3 Å². The van der Waals surface area contributed by atoms with Crippen LogP contribution in [-0.2, 0) is 0 Å². The number of rotatable bonds is 1. The van der Waals surface area contributed by atoms with Crippen LogP contribution in [0.4, 0.5) is 0 Å². The van der Waals surface area contributed by atoms with Crippen molar-refractivity contribution in [3.05, 3.63) is 26.6 Å². The standard InChI is InChI=1S/C8H3BrClNOS/c9-6-3-13-8-5(6)1-4(2-12)7(10)11-8/h1-3H. The first-order chi connectivity index (χ1) is 6.22. The van der Waals surface area contributed by atoms with Crippen molar-refractivity contribution in [2.75, 3.05) is 0 Å². The van der Waals surface area contributed by atoms with E-state index in [1.807, 2.05) is 5.38 Å². The molecule has 2 nitrogen and oxygen atoms in total. The number of thiophene rings is 1. The second-order valence-corrected chi connectivity index (χ2v) is 4.49. The van der Waals surface area contributed by atoms with E-state index in [4.69, 9.17) is 11.6 Å². The van der Waals surface area contributed by atoms with Crippen molar-refractivity contribution in [2.45, 2.75) is 0 Å². The Hall–Kier alpha value is -0.450. The highest BCUT2D eigenvalue weighted by Gasteiger charge is 2.07. The van der Waals surface area contributed by atoms with Crippen molar-refractivity contribution in [3.8, 4) is 0 Å². The highest BCUT2D eigenvalue weighted by Crippen LogP contribution is 2.31. The van der Waals surface area contributed by atoms with Gasteiger partial charge in [0.05, 0.1) is 5.56 Å². The van der Waals surface area contributed by atoms with Gasteiger partial charge in [-0.25, -0.2) is 4.98 Å². The second-order valence-electron chi connectivity index (χ2n) is 2.42. The number of aromatic nitrogens is 1. The molecule has 0 bridgehead atoms. The van der Waals surface area contributed by atoms with Gasteiger partial charge in [-0.3, -0.25) is 4.79 Å². The number of aldehydes is 1. The fourth-order valence-electron chi connectivity index (χ4n) is 1.01. The summed E-state index contributed by atoms with van der Waals surface area (Å²) in [6.07, 6.45) is 0.707. The van der Waals surface area contributed by atoms with Gasteiger partial charge in [0.2, 0.25) is 0 Å². The molecule has 0 fully saturated rings. The monoisotopic (exact) mass is 275 g/mol. The summed E-state index contributed by atoms with van der Waals surface area (Å²) in [5.74, 6) is 0. The maximum absolute atomic E-state index is 10.6. The van der Waals surface area contributed by atoms with E-state index in [0.29, 0.717) is 11.8 Å². The lowest BCUT2D eigenvalue weighted by Crippen LogP contribution is -1.85. The number of halogens is 2. The molecule has 2 aromatic rings. The first kappa shape index (κ1) is 9.12. The Morgan fingerprint density at radius 3 is 3.08 bits per heavy atom. The van der Waals surface area contributed by atoms with Crippen LogP contribution in [-0.4, -0.2) is 11.3 Å². The lowest BCUT2D eigenvalue weighted by Gasteiger charge is -1.95. The molecule has 2 heterocycles. The van der Waals surface area contributed by atoms with Gasteiger partial charge in [0.25, 0.3) is 0 Å². The summed E-state index contributed by atoms with van der Waals surface area (Å²) in [7, 11) is 0. The fourth-order valence-corrected chi connectivity index (χ4v) is 2.73. The summed E-state index contributed by atoms with van der Waals surface area (Å²) >= 11 is 10.6. The molecule has 0 saturated carbocycles. The highest BCUT2D eigenvalue weighted by atomic mass is 79.9. The third kappa shape index (κ3) is 1.49. The average molecular weight is 277 g/mol. The van der Waals surface area contributed by atoms with Gasteiger partial charge in [-0.05, 0) is 22.0 Å². The molecule has 0 aliphatic rings. The van der Waals surface area contributed by atoms with E-state index < -0.39 is 0 Å². The van der Waals surface area contributed by atoms with Crippen molar-refractivity contribution in [2.24, 2.45) is 0 Å². The molecule has 0 saturated heterocycles. The first-order valence-electron chi connectivity index (χ1n) is 3.41. The zero-order chi connectivity index (χ0) is 9.42. The lowest BCUT2D eigenvalue weighted by atomic mass is 10.2. The Labute approximate surface area is 91.7 Å². The molecule has 0 spiro atoms. The number of pyridine rings is 1. The van der Waals surface area contributed by atoms with Gasteiger partial charge < -0.3 is 0 Å². The third-order valence-corrected chi connectivity index (χ3v) is 3.78. The zero-order valence-electron chi connectivity index (χ0n) is 6.25. The molecule has 2 aromatic heterocycles. The minimum absolute atomic E-state index is 0.261. The molecule has 0 radical (unpaired) electrons. The number of hydrogen-bond donors (Lipinski definition) is 0. The highest BCUT2D eigenvalue weighted by molar-refractivity contribution is 9.10. The Morgan fingerprint density at radius 1 is 1.62 bits per heavy atom. The van der Waals surface area contributed by atoms with Crippen molar-refractivity contribution in [1.29, 1.82) is 0 Å². The predicted molar refractivity (Wildman–Crippen MR) is 57.7 cm³/mol. The van der Waals surface area contributed by atoms with Gasteiger partial charge in [-0.2, -0.15) is 0 Å². The van der Waals surface area contributed by atoms with Crippen molar-refractivity contribution in [1.82, 2.24) is 4.98 Å². The van der Waals surface area contributed by atoms with E-state index in [1.54, 1.807) is 6.07 Å². The smallest absolute Gasteiger partial charge is 0.153 e. The second kappa shape index (κ2) is 3.36. The molecule has 13 heavy (non-hydrogen) atoms. The molecule has 0 aliphatic heterocycles. The van der Waals surface area contributed by atoms with Crippen LogP contribution in [0.3, 0.4) is 0 Å². The van der Waals surface area contributed by atoms with Crippen molar-refractivity contribution < 1.29 is 4.79 Å². The van der Waals surface area contributed by atoms with Crippen molar-refractivity contribution >= 4 is 55.4 Å². The van der Waals surface area contributed by atoms with Gasteiger partial charge in [-0.1, -0.05) is 11.6 Å². The molecule has 66 valence electrons. The quantitative estimate of drug-likeness (QED) is 0.589. The molecule has 2 rings (SSSR count). The van der Waals surface area contributed by atoms with E-state index in [9.17, 15) is 4.79 Å². The minimum atomic E-state index is 0.261. The van der Waals surface area contributed by atoms with Crippen LogP contribution in [0, 0.1) is 0 Å². The number of carbonyl (C=O) groups is 1. The molecule has 0 atom stereocenters. The fraction of sp³-hybridized carbons (Fsp3) is 0. The molecule has 5 heteroatoms. The normalized spacial score (nSPS) is 10.6. The van der Waals surface area contributed by atoms with E-state index in [2.05, 4.69) is 20.9 Å². The Balaban J connectivity index is 2.84. The average Bonchev–Trinajstić information content (AvgIpc) is 2.46. The molecule has 0 amide bonds. The molecule has 0 aliphatic carbocycles. The van der Waals surface area contributed by atoms with Crippen LogP contribution < -0.4 is 0 Å². The largest absolute Gasteiger partial charge is 0.298 e. The number of hydrogen-bond acceptors (Lipinski definition) is 3. The van der Waals surface area contributed by atoms with Crippen LogP contribution >= 0.6 is 38.9 Å². The number of carbonyl (C=O) groups excluding carboxylic acids is 1. The van der Waals surface area contributed by atoms with E-state index >= 15 is 0 Å². The molecule has 0 aromatic carbocycles. The summed E-state index contributed by atoms with van der Waals surface area (Å²) in [4.78, 5) is 15.5. The van der Waals surface area contributed by atoms with Crippen molar-refractivity contribution in [3.63, 3.8) is 0 Å². The van der Waals surface area contributed by atoms with Crippen LogP contribution in [0.25, 0.3) is 10.2 Å². The number of nitrogens with zero attached hydrogens (tertiary/aromatic N) is 1. The number of fused-ring (bicyclic) bond motifs is 1. The topological polar surface area (TPSA) is 30.0 Å². The van der Waals surface area contributed by atoms with E-state index in [-0.39, 0.29) is 5.15 Å². The molecular formula is C8H3BrClNOS. The molecule has 0 N–H and O–H groups in total.